The van der Waals surface area contributed by atoms with Gasteiger partial charge in [0.15, 0.2) is 5.82 Å². The third-order valence-corrected chi connectivity index (χ3v) is 4.98. The second-order valence-corrected chi connectivity index (χ2v) is 7.25. The number of nitrogen functional groups attached to an aromatic ring is 1. The standard InChI is InChI=1S/C22H14F5N7O/c1-29-8-12-9-34-19(20(28)30-10-31-34)18(12)11-2-5-16(15(24)6-11)32-21(35)33-17-7-13(22(25,26)27)3-4-14(17)23/h2-7,9-10H,8H2,(H2,28,30,31)(H2,32,33,35). The minimum atomic E-state index is -4.74. The fraction of sp³-hybridized carbons (Fsp3) is 0.0909. The number of benzene rings is 2. The number of amides is 2. The Balaban J connectivity index is 1.62. The molecular weight excluding hydrogens is 473 g/mol. The van der Waals surface area contributed by atoms with Crippen LogP contribution in [0.3, 0.4) is 0 Å². The Morgan fingerprint density at radius 2 is 1.83 bits per heavy atom. The Labute approximate surface area is 194 Å². The van der Waals surface area contributed by atoms with Gasteiger partial charge in [0.2, 0.25) is 6.54 Å². The zero-order valence-electron chi connectivity index (χ0n) is 17.5. The van der Waals surface area contributed by atoms with Gasteiger partial charge in [0.1, 0.15) is 23.5 Å². The van der Waals surface area contributed by atoms with Crippen molar-refractivity contribution in [2.75, 3.05) is 16.4 Å². The van der Waals surface area contributed by atoms with Crippen LogP contribution >= 0.6 is 0 Å². The second kappa shape index (κ2) is 8.90. The molecule has 2 aromatic carbocycles. The lowest BCUT2D eigenvalue weighted by Crippen LogP contribution is -2.21. The van der Waals surface area contributed by atoms with E-state index >= 15 is 0 Å². The number of urea groups is 1. The molecule has 2 aromatic heterocycles. The molecule has 0 bridgehead atoms. The Hall–Kier alpha value is -4.73. The van der Waals surface area contributed by atoms with Gasteiger partial charge < -0.3 is 21.2 Å². The number of alkyl halides is 3. The van der Waals surface area contributed by atoms with E-state index in [2.05, 4.69) is 20.2 Å². The van der Waals surface area contributed by atoms with E-state index in [1.165, 1.54) is 23.0 Å². The second-order valence-electron chi connectivity index (χ2n) is 7.25. The molecule has 8 nitrogen and oxygen atoms in total. The number of hydrogen-bond donors (Lipinski definition) is 3. The van der Waals surface area contributed by atoms with Crippen LogP contribution in [-0.2, 0) is 12.7 Å². The molecule has 0 aliphatic heterocycles. The molecule has 2 heterocycles. The lowest BCUT2D eigenvalue weighted by atomic mass is 10.0. The van der Waals surface area contributed by atoms with Crippen LogP contribution in [0.4, 0.5) is 43.9 Å². The first-order valence-electron chi connectivity index (χ1n) is 9.77. The number of carbonyl (C=O) groups excluding carboxylic acids is 1. The number of carbonyl (C=O) groups is 1. The number of halogens is 5. The number of hydrogen-bond acceptors (Lipinski definition) is 4. The van der Waals surface area contributed by atoms with E-state index in [-0.39, 0.29) is 18.1 Å². The first-order valence-corrected chi connectivity index (χ1v) is 9.77. The molecule has 178 valence electrons. The van der Waals surface area contributed by atoms with Crippen LogP contribution in [0.2, 0.25) is 0 Å². The maximum atomic E-state index is 14.9. The molecule has 0 radical (unpaired) electrons. The summed E-state index contributed by atoms with van der Waals surface area (Å²) in [4.78, 5) is 19.5. The molecule has 4 N–H and O–H groups in total. The first kappa shape index (κ1) is 23.4. The summed E-state index contributed by atoms with van der Waals surface area (Å²) in [7, 11) is 0. The summed E-state index contributed by atoms with van der Waals surface area (Å²) in [5.74, 6) is -1.89. The summed E-state index contributed by atoms with van der Waals surface area (Å²) in [6, 6.07) is 4.09. The van der Waals surface area contributed by atoms with E-state index < -0.39 is 35.1 Å². The molecule has 0 unspecified atom stereocenters. The topological polar surface area (TPSA) is 102 Å². The monoisotopic (exact) mass is 487 g/mol. The summed E-state index contributed by atoms with van der Waals surface area (Å²) in [5, 5.41) is 8.11. The molecule has 0 aliphatic rings. The van der Waals surface area contributed by atoms with Crippen LogP contribution in [0.25, 0.3) is 21.5 Å². The highest BCUT2D eigenvalue weighted by Crippen LogP contribution is 2.35. The van der Waals surface area contributed by atoms with Crippen molar-refractivity contribution in [3.8, 4) is 11.1 Å². The van der Waals surface area contributed by atoms with Crippen LogP contribution < -0.4 is 16.4 Å². The number of nitrogens with one attached hydrogen (secondary N) is 2. The van der Waals surface area contributed by atoms with Gasteiger partial charge in [0.25, 0.3) is 0 Å². The Morgan fingerprint density at radius 3 is 2.51 bits per heavy atom. The maximum Gasteiger partial charge on any atom is 0.416 e. The Morgan fingerprint density at radius 1 is 1.09 bits per heavy atom. The molecule has 0 spiro atoms. The van der Waals surface area contributed by atoms with Crippen molar-refractivity contribution >= 4 is 28.7 Å². The highest BCUT2D eigenvalue weighted by atomic mass is 19.4. The van der Waals surface area contributed by atoms with Crippen LogP contribution in [0, 0.1) is 18.2 Å². The molecule has 0 saturated carbocycles. The molecule has 35 heavy (non-hydrogen) atoms. The van der Waals surface area contributed by atoms with Crippen molar-refractivity contribution in [1.82, 2.24) is 14.6 Å². The highest BCUT2D eigenvalue weighted by molar-refractivity contribution is 6.00. The summed E-state index contributed by atoms with van der Waals surface area (Å²) in [6.07, 6.45) is -1.94. The maximum absolute atomic E-state index is 14.9. The van der Waals surface area contributed by atoms with Crippen molar-refractivity contribution < 1.29 is 26.7 Å². The minimum Gasteiger partial charge on any atom is -0.382 e. The Bertz CT molecular complexity index is 1490. The van der Waals surface area contributed by atoms with E-state index in [1.807, 2.05) is 5.32 Å². The predicted octanol–water partition coefficient (Wildman–Crippen LogP) is 5.34. The molecule has 0 aliphatic carbocycles. The minimum absolute atomic E-state index is 0.0370. The van der Waals surface area contributed by atoms with Gasteiger partial charge in [-0.3, -0.25) is 0 Å². The van der Waals surface area contributed by atoms with E-state index in [0.29, 0.717) is 40.4 Å². The third kappa shape index (κ3) is 4.67. The van der Waals surface area contributed by atoms with Gasteiger partial charge in [-0.1, -0.05) is 6.07 Å². The highest BCUT2D eigenvalue weighted by Gasteiger charge is 2.31. The SMILES string of the molecule is [C-]#[N+]Cc1cn2ncnc(N)c2c1-c1ccc(NC(=O)Nc2cc(C(F)(F)F)ccc2F)c(F)c1. The summed E-state index contributed by atoms with van der Waals surface area (Å²) in [6.45, 7) is 7.13. The van der Waals surface area contributed by atoms with Gasteiger partial charge in [0, 0.05) is 11.8 Å². The fourth-order valence-corrected chi connectivity index (χ4v) is 3.46. The summed E-state index contributed by atoms with van der Waals surface area (Å²) < 4.78 is 68.7. The van der Waals surface area contributed by atoms with Crippen molar-refractivity contribution in [1.29, 1.82) is 0 Å². The molecule has 0 atom stereocenters. The molecule has 2 amide bonds. The van der Waals surface area contributed by atoms with E-state index in [0.717, 1.165) is 6.07 Å². The van der Waals surface area contributed by atoms with Crippen LogP contribution in [0.1, 0.15) is 11.1 Å². The smallest absolute Gasteiger partial charge is 0.382 e. The van der Waals surface area contributed by atoms with Crippen LogP contribution in [0.5, 0.6) is 0 Å². The zero-order valence-corrected chi connectivity index (χ0v) is 17.5. The van der Waals surface area contributed by atoms with Gasteiger partial charge in [-0.15, -0.1) is 0 Å². The van der Waals surface area contributed by atoms with Crippen molar-refractivity contribution in [3.05, 3.63) is 83.1 Å². The summed E-state index contributed by atoms with van der Waals surface area (Å²) >= 11 is 0. The van der Waals surface area contributed by atoms with E-state index in [4.69, 9.17) is 12.3 Å². The van der Waals surface area contributed by atoms with Crippen molar-refractivity contribution in [2.24, 2.45) is 0 Å². The number of aromatic nitrogens is 3. The first-order chi connectivity index (χ1) is 16.6. The van der Waals surface area contributed by atoms with E-state index in [1.54, 1.807) is 6.20 Å². The number of nitrogens with zero attached hydrogens (tertiary/aromatic N) is 4. The van der Waals surface area contributed by atoms with E-state index in [9.17, 15) is 26.7 Å². The van der Waals surface area contributed by atoms with Gasteiger partial charge in [-0.05, 0) is 35.9 Å². The van der Waals surface area contributed by atoms with Crippen molar-refractivity contribution in [3.63, 3.8) is 0 Å². The molecule has 0 fully saturated rings. The fourth-order valence-electron chi connectivity index (χ4n) is 3.46. The number of rotatable bonds is 4. The molecule has 13 heteroatoms. The lowest BCUT2D eigenvalue weighted by Gasteiger charge is -2.12. The number of fused-ring (bicyclic) bond motifs is 1. The zero-order chi connectivity index (χ0) is 25.3. The van der Waals surface area contributed by atoms with Gasteiger partial charge in [-0.2, -0.15) is 18.3 Å². The number of anilines is 3. The van der Waals surface area contributed by atoms with Crippen molar-refractivity contribution in [2.45, 2.75) is 12.7 Å². The summed E-state index contributed by atoms with van der Waals surface area (Å²) in [5.41, 5.74) is 5.37. The third-order valence-electron chi connectivity index (χ3n) is 4.98. The average molecular weight is 487 g/mol. The average Bonchev–Trinajstić information content (AvgIpc) is 3.15. The van der Waals surface area contributed by atoms with Gasteiger partial charge in [-0.25, -0.2) is 29.6 Å². The van der Waals surface area contributed by atoms with Crippen LogP contribution in [0.15, 0.2) is 48.9 Å². The largest absolute Gasteiger partial charge is 0.416 e. The van der Waals surface area contributed by atoms with Gasteiger partial charge >= 0.3 is 12.2 Å². The Kier molecular flexibility index (Phi) is 5.96. The molecule has 4 aromatic rings. The normalized spacial score (nSPS) is 11.3. The quantitative estimate of drug-likeness (QED) is 0.267. The molecule has 4 rings (SSSR count). The molecule has 0 saturated heterocycles. The van der Waals surface area contributed by atoms with Crippen LogP contribution in [-0.4, -0.2) is 20.6 Å². The molecular formula is C22H14F5N7O. The predicted molar refractivity (Wildman–Crippen MR) is 117 cm³/mol. The lowest BCUT2D eigenvalue weighted by molar-refractivity contribution is -0.137. The van der Waals surface area contributed by atoms with Gasteiger partial charge in [0.05, 0.1) is 22.5 Å². The number of nitrogens with two attached hydrogens (primary N) is 1.